The first-order valence-electron chi connectivity index (χ1n) is 10.1. The van der Waals surface area contributed by atoms with Gasteiger partial charge in [0.1, 0.15) is 6.61 Å². The highest BCUT2D eigenvalue weighted by Gasteiger charge is 2.58. The van der Waals surface area contributed by atoms with Crippen molar-refractivity contribution in [3.63, 3.8) is 0 Å². The van der Waals surface area contributed by atoms with E-state index >= 15 is 0 Å². The first-order chi connectivity index (χ1) is 12.9. The van der Waals surface area contributed by atoms with Crippen LogP contribution in [0.4, 0.5) is 0 Å². The lowest BCUT2D eigenvalue weighted by atomic mass is 9.59. The van der Waals surface area contributed by atoms with Crippen molar-refractivity contribution in [1.82, 2.24) is 4.90 Å². The lowest BCUT2D eigenvalue weighted by Crippen LogP contribution is -2.49. The molecule has 0 saturated heterocycles. The third-order valence-corrected chi connectivity index (χ3v) is 6.90. The molecule has 0 unspecified atom stereocenters. The van der Waals surface area contributed by atoms with Crippen molar-refractivity contribution in [1.29, 1.82) is 0 Å². The van der Waals surface area contributed by atoms with E-state index < -0.39 is 5.60 Å². The van der Waals surface area contributed by atoms with Gasteiger partial charge in [0.05, 0.1) is 12.2 Å². The lowest BCUT2D eigenvalue weighted by molar-refractivity contribution is -0.0959. The standard InChI is InChI=1S/C22H34N2O3/c1-21-9-7-19(18-6-4-5-17(13-18)16-25)14-22(21,26)10-8-20(21)15-23-27-12-11-24(2)3/h4-6,13,15,19-20,25-26H,7-12,14,16H2,1-3H3/t19-,20+,21+,22-/m0/s1. The lowest BCUT2D eigenvalue weighted by Gasteiger charge is -2.48. The molecule has 0 bridgehead atoms. The maximum Gasteiger partial charge on any atom is 0.129 e. The molecule has 1 aromatic rings. The predicted molar refractivity (Wildman–Crippen MR) is 108 cm³/mol. The van der Waals surface area contributed by atoms with Crippen molar-refractivity contribution in [2.45, 2.75) is 57.2 Å². The van der Waals surface area contributed by atoms with Gasteiger partial charge in [-0.3, -0.25) is 0 Å². The fourth-order valence-electron chi connectivity index (χ4n) is 4.94. The summed E-state index contributed by atoms with van der Waals surface area (Å²) in [7, 11) is 4.03. The fraction of sp³-hybridized carbons (Fsp3) is 0.682. The summed E-state index contributed by atoms with van der Waals surface area (Å²) in [6, 6.07) is 8.17. The Morgan fingerprint density at radius 2 is 2.11 bits per heavy atom. The van der Waals surface area contributed by atoms with Crippen molar-refractivity contribution in [2.75, 3.05) is 27.2 Å². The van der Waals surface area contributed by atoms with E-state index in [2.05, 4.69) is 29.1 Å². The summed E-state index contributed by atoms with van der Waals surface area (Å²) < 4.78 is 0. The van der Waals surface area contributed by atoms with Crippen LogP contribution in [0.2, 0.25) is 0 Å². The molecular weight excluding hydrogens is 340 g/mol. The third kappa shape index (κ3) is 4.20. The number of aliphatic hydroxyl groups is 2. The van der Waals surface area contributed by atoms with E-state index in [-0.39, 0.29) is 17.9 Å². The monoisotopic (exact) mass is 374 g/mol. The molecule has 2 N–H and O–H groups in total. The van der Waals surface area contributed by atoms with Gasteiger partial charge in [-0.2, -0.15) is 0 Å². The molecule has 5 heteroatoms. The molecule has 2 fully saturated rings. The van der Waals surface area contributed by atoms with Crippen molar-refractivity contribution in [2.24, 2.45) is 16.5 Å². The third-order valence-electron chi connectivity index (χ3n) is 6.90. The second-order valence-corrected chi connectivity index (χ2v) is 8.83. The molecule has 0 amide bonds. The number of oxime groups is 1. The largest absolute Gasteiger partial charge is 0.395 e. The molecule has 0 radical (unpaired) electrons. The summed E-state index contributed by atoms with van der Waals surface area (Å²) in [6.45, 7) is 3.71. The van der Waals surface area contributed by atoms with Crippen LogP contribution in [0.5, 0.6) is 0 Å². The molecule has 0 spiro atoms. The van der Waals surface area contributed by atoms with Gasteiger partial charge in [-0.15, -0.1) is 0 Å². The van der Waals surface area contributed by atoms with Gasteiger partial charge in [-0.05, 0) is 63.2 Å². The molecule has 2 aliphatic rings. The Kier molecular flexibility index (Phi) is 6.24. The van der Waals surface area contributed by atoms with Crippen LogP contribution in [0.25, 0.3) is 0 Å². The molecule has 5 nitrogen and oxygen atoms in total. The molecule has 1 aromatic carbocycles. The maximum atomic E-state index is 11.5. The van der Waals surface area contributed by atoms with Gasteiger partial charge in [-0.25, -0.2) is 0 Å². The molecule has 3 rings (SSSR count). The summed E-state index contributed by atoms with van der Waals surface area (Å²) in [5.74, 6) is 0.605. The fourth-order valence-corrected chi connectivity index (χ4v) is 4.94. The second-order valence-electron chi connectivity index (χ2n) is 8.83. The zero-order valence-corrected chi connectivity index (χ0v) is 16.9. The topological polar surface area (TPSA) is 65.3 Å². The number of likely N-dealkylation sites (N-methyl/N-ethyl adjacent to an activating group) is 1. The number of benzene rings is 1. The van der Waals surface area contributed by atoms with Gasteiger partial charge >= 0.3 is 0 Å². The van der Waals surface area contributed by atoms with Crippen LogP contribution < -0.4 is 0 Å². The Hall–Kier alpha value is -1.43. The maximum absolute atomic E-state index is 11.5. The summed E-state index contributed by atoms with van der Waals surface area (Å²) >= 11 is 0. The highest BCUT2D eigenvalue weighted by molar-refractivity contribution is 5.62. The average Bonchev–Trinajstić information content (AvgIpc) is 2.91. The Bertz CT molecular complexity index is 663. The van der Waals surface area contributed by atoms with E-state index in [0.29, 0.717) is 12.5 Å². The van der Waals surface area contributed by atoms with Crippen LogP contribution >= 0.6 is 0 Å². The molecular formula is C22H34N2O3. The first-order valence-corrected chi connectivity index (χ1v) is 10.1. The normalized spacial score (nSPS) is 33.6. The quantitative estimate of drug-likeness (QED) is 0.437. The van der Waals surface area contributed by atoms with E-state index in [0.717, 1.165) is 44.2 Å². The number of aliphatic hydroxyl groups excluding tert-OH is 1. The van der Waals surface area contributed by atoms with Crippen LogP contribution in [-0.4, -0.2) is 54.2 Å². The summed E-state index contributed by atoms with van der Waals surface area (Å²) in [4.78, 5) is 7.47. The van der Waals surface area contributed by atoms with Crippen molar-refractivity contribution in [3.05, 3.63) is 35.4 Å². The summed E-state index contributed by atoms with van der Waals surface area (Å²) in [5, 5.41) is 25.1. The molecule has 150 valence electrons. The molecule has 0 aliphatic heterocycles. The molecule has 2 saturated carbocycles. The van der Waals surface area contributed by atoms with Crippen LogP contribution in [0.3, 0.4) is 0 Å². The van der Waals surface area contributed by atoms with Crippen LogP contribution in [0.15, 0.2) is 29.4 Å². The number of rotatable bonds is 7. The molecule has 27 heavy (non-hydrogen) atoms. The van der Waals surface area contributed by atoms with Gasteiger partial charge in [0, 0.05) is 24.1 Å². The number of hydrogen-bond acceptors (Lipinski definition) is 5. The number of fused-ring (bicyclic) bond motifs is 1. The van der Waals surface area contributed by atoms with E-state index in [1.165, 1.54) is 5.56 Å². The highest BCUT2D eigenvalue weighted by Crippen LogP contribution is 2.60. The van der Waals surface area contributed by atoms with Gasteiger partial charge in [0.15, 0.2) is 0 Å². The Morgan fingerprint density at radius 3 is 2.85 bits per heavy atom. The van der Waals surface area contributed by atoms with Gasteiger partial charge in [0.2, 0.25) is 0 Å². The van der Waals surface area contributed by atoms with Crippen LogP contribution in [-0.2, 0) is 11.4 Å². The smallest absolute Gasteiger partial charge is 0.129 e. The van der Waals surface area contributed by atoms with E-state index in [9.17, 15) is 10.2 Å². The van der Waals surface area contributed by atoms with Gasteiger partial charge in [-0.1, -0.05) is 36.3 Å². The first kappa shape index (κ1) is 20.3. The summed E-state index contributed by atoms with van der Waals surface area (Å²) in [6.07, 6.45) is 6.51. The van der Waals surface area contributed by atoms with E-state index in [1.807, 2.05) is 32.4 Å². The zero-order chi connectivity index (χ0) is 19.5. The Labute approximate surface area is 163 Å². The summed E-state index contributed by atoms with van der Waals surface area (Å²) in [5.41, 5.74) is 1.37. The van der Waals surface area contributed by atoms with E-state index in [4.69, 9.17) is 4.84 Å². The van der Waals surface area contributed by atoms with Gasteiger partial charge < -0.3 is 20.0 Å². The second kappa shape index (κ2) is 8.29. The van der Waals surface area contributed by atoms with Crippen molar-refractivity contribution >= 4 is 6.21 Å². The Balaban J connectivity index is 1.66. The minimum atomic E-state index is -0.661. The predicted octanol–water partition coefficient (Wildman–Crippen LogP) is 3.16. The highest BCUT2D eigenvalue weighted by atomic mass is 16.6. The molecule has 4 atom stereocenters. The minimum Gasteiger partial charge on any atom is -0.395 e. The number of nitrogens with zero attached hydrogens (tertiary/aromatic N) is 2. The average molecular weight is 375 g/mol. The molecule has 0 aromatic heterocycles. The Morgan fingerprint density at radius 1 is 1.30 bits per heavy atom. The van der Waals surface area contributed by atoms with Crippen LogP contribution in [0.1, 0.15) is 56.1 Å². The van der Waals surface area contributed by atoms with Crippen LogP contribution in [0, 0.1) is 11.3 Å². The van der Waals surface area contributed by atoms with Gasteiger partial charge in [0.25, 0.3) is 0 Å². The minimum absolute atomic E-state index is 0.0644. The molecule has 0 heterocycles. The number of hydrogen-bond donors (Lipinski definition) is 2. The van der Waals surface area contributed by atoms with Crippen molar-refractivity contribution in [3.8, 4) is 0 Å². The van der Waals surface area contributed by atoms with Crippen molar-refractivity contribution < 1.29 is 15.1 Å². The molecule has 2 aliphatic carbocycles. The SMILES string of the molecule is CN(C)CCON=C[C@H]1CC[C@]2(O)C[C@@H](c3cccc(CO)c3)CC[C@]12C. The van der Waals surface area contributed by atoms with E-state index in [1.54, 1.807) is 0 Å². The zero-order valence-electron chi connectivity index (χ0n) is 16.9.